The van der Waals surface area contributed by atoms with E-state index in [0.717, 1.165) is 19.3 Å². The molecular weight excluding hydrogens is 325 g/mol. The SMILES string of the molecule is CC1(CO)CCCC1NC(=O)Nc1cccc(OCC(F)(F)F)c1. The third-order valence-electron chi connectivity index (χ3n) is 4.24. The fourth-order valence-electron chi connectivity index (χ4n) is 2.82. The molecule has 8 heteroatoms. The first kappa shape index (κ1) is 18.4. The van der Waals surface area contributed by atoms with Crippen LogP contribution in [-0.2, 0) is 0 Å². The van der Waals surface area contributed by atoms with Crippen molar-refractivity contribution in [1.82, 2.24) is 5.32 Å². The van der Waals surface area contributed by atoms with Gasteiger partial charge in [0.15, 0.2) is 6.61 Å². The Morgan fingerprint density at radius 2 is 2.21 bits per heavy atom. The molecule has 0 aliphatic heterocycles. The molecule has 0 spiro atoms. The van der Waals surface area contributed by atoms with Crippen molar-refractivity contribution in [3.8, 4) is 5.75 Å². The van der Waals surface area contributed by atoms with E-state index in [-0.39, 0.29) is 23.8 Å². The van der Waals surface area contributed by atoms with Crippen molar-refractivity contribution in [3.05, 3.63) is 24.3 Å². The summed E-state index contributed by atoms with van der Waals surface area (Å²) in [4.78, 5) is 12.1. The van der Waals surface area contributed by atoms with Gasteiger partial charge in [-0.05, 0) is 25.0 Å². The molecular formula is C16H21F3N2O3. The smallest absolute Gasteiger partial charge is 0.422 e. The maximum Gasteiger partial charge on any atom is 0.422 e. The molecule has 2 atom stereocenters. The van der Waals surface area contributed by atoms with Crippen LogP contribution < -0.4 is 15.4 Å². The van der Waals surface area contributed by atoms with Gasteiger partial charge in [0.1, 0.15) is 5.75 Å². The fraction of sp³-hybridized carbons (Fsp3) is 0.562. The van der Waals surface area contributed by atoms with Crippen LogP contribution >= 0.6 is 0 Å². The number of alkyl halides is 3. The minimum absolute atomic E-state index is 0.0152. The molecule has 0 radical (unpaired) electrons. The molecule has 0 saturated heterocycles. The number of ether oxygens (including phenoxy) is 1. The summed E-state index contributed by atoms with van der Waals surface area (Å²) in [6, 6.07) is 5.15. The van der Waals surface area contributed by atoms with Crippen molar-refractivity contribution in [2.24, 2.45) is 5.41 Å². The predicted molar refractivity (Wildman–Crippen MR) is 83.0 cm³/mol. The van der Waals surface area contributed by atoms with Gasteiger partial charge in [0.05, 0.1) is 6.61 Å². The van der Waals surface area contributed by atoms with E-state index >= 15 is 0 Å². The zero-order valence-corrected chi connectivity index (χ0v) is 13.3. The van der Waals surface area contributed by atoms with Crippen LogP contribution in [-0.4, -0.2) is 36.6 Å². The molecule has 2 rings (SSSR count). The summed E-state index contributed by atoms with van der Waals surface area (Å²) in [5.41, 5.74) is -0.0227. The van der Waals surface area contributed by atoms with Crippen molar-refractivity contribution in [2.45, 2.75) is 38.4 Å². The number of carbonyl (C=O) groups excluding carboxylic acids is 1. The number of carbonyl (C=O) groups is 1. The van der Waals surface area contributed by atoms with Gasteiger partial charge in [-0.1, -0.05) is 19.4 Å². The number of hydrogen-bond acceptors (Lipinski definition) is 3. The standard InChI is InChI=1S/C16H21F3N2O3/c1-15(9-22)7-3-6-13(15)21-14(23)20-11-4-2-5-12(8-11)24-10-16(17,18)19/h2,4-5,8,13,22H,3,6-7,9-10H2,1H3,(H2,20,21,23). The number of urea groups is 1. The van der Waals surface area contributed by atoms with Crippen LogP contribution in [0.4, 0.5) is 23.7 Å². The topological polar surface area (TPSA) is 70.6 Å². The Balaban J connectivity index is 1.92. The highest BCUT2D eigenvalue weighted by Gasteiger charge is 2.39. The van der Waals surface area contributed by atoms with Crippen molar-refractivity contribution in [2.75, 3.05) is 18.5 Å². The molecule has 1 aliphatic rings. The first-order valence-electron chi connectivity index (χ1n) is 7.70. The van der Waals surface area contributed by atoms with Crippen LogP contribution in [0.2, 0.25) is 0 Å². The second kappa shape index (κ2) is 7.29. The number of amides is 2. The average Bonchev–Trinajstić information content (AvgIpc) is 2.86. The Kier molecular flexibility index (Phi) is 5.58. The monoisotopic (exact) mass is 346 g/mol. The lowest BCUT2D eigenvalue weighted by Crippen LogP contribution is -2.46. The number of aliphatic hydroxyl groups is 1. The largest absolute Gasteiger partial charge is 0.484 e. The second-order valence-corrected chi connectivity index (χ2v) is 6.29. The number of halogens is 3. The normalized spacial score (nSPS) is 23.8. The van der Waals surface area contributed by atoms with Crippen LogP contribution in [0, 0.1) is 5.41 Å². The second-order valence-electron chi connectivity index (χ2n) is 6.29. The van der Waals surface area contributed by atoms with Gasteiger partial charge in [0.25, 0.3) is 0 Å². The minimum atomic E-state index is -4.42. The number of hydrogen-bond donors (Lipinski definition) is 3. The van der Waals surface area contributed by atoms with Crippen LogP contribution in [0.3, 0.4) is 0 Å². The first-order chi connectivity index (χ1) is 11.2. The van der Waals surface area contributed by atoms with E-state index in [4.69, 9.17) is 0 Å². The predicted octanol–water partition coefficient (Wildman–Crippen LogP) is 3.30. The van der Waals surface area contributed by atoms with Crippen molar-refractivity contribution < 1.29 is 27.8 Å². The lowest BCUT2D eigenvalue weighted by molar-refractivity contribution is -0.153. The van der Waals surface area contributed by atoms with E-state index in [9.17, 15) is 23.1 Å². The lowest BCUT2D eigenvalue weighted by atomic mass is 9.86. The van der Waals surface area contributed by atoms with E-state index in [2.05, 4.69) is 15.4 Å². The summed E-state index contributed by atoms with van der Waals surface area (Å²) in [7, 11) is 0. The van der Waals surface area contributed by atoms with E-state index in [1.54, 1.807) is 6.07 Å². The highest BCUT2D eigenvalue weighted by atomic mass is 19.4. The Hall–Kier alpha value is -1.96. The molecule has 0 aromatic heterocycles. The maximum absolute atomic E-state index is 12.2. The highest BCUT2D eigenvalue weighted by Crippen LogP contribution is 2.37. The van der Waals surface area contributed by atoms with Crippen LogP contribution in [0.15, 0.2) is 24.3 Å². The van der Waals surface area contributed by atoms with E-state index in [0.29, 0.717) is 5.69 Å². The van der Waals surface area contributed by atoms with Gasteiger partial charge in [0.2, 0.25) is 0 Å². The van der Waals surface area contributed by atoms with Gasteiger partial charge in [-0.15, -0.1) is 0 Å². The Morgan fingerprint density at radius 3 is 2.88 bits per heavy atom. The summed E-state index contributed by atoms with van der Waals surface area (Å²) >= 11 is 0. The Bertz CT molecular complexity index is 580. The molecule has 24 heavy (non-hydrogen) atoms. The van der Waals surface area contributed by atoms with Crippen LogP contribution in [0.5, 0.6) is 5.75 Å². The van der Waals surface area contributed by atoms with Crippen molar-refractivity contribution >= 4 is 11.7 Å². The van der Waals surface area contributed by atoms with Gasteiger partial charge < -0.3 is 20.5 Å². The molecule has 134 valence electrons. The lowest BCUT2D eigenvalue weighted by Gasteiger charge is -2.30. The van der Waals surface area contributed by atoms with Gasteiger partial charge >= 0.3 is 12.2 Å². The minimum Gasteiger partial charge on any atom is -0.484 e. The molecule has 2 amide bonds. The molecule has 1 aromatic rings. The molecule has 1 fully saturated rings. The van der Waals surface area contributed by atoms with Crippen molar-refractivity contribution in [1.29, 1.82) is 0 Å². The van der Waals surface area contributed by atoms with Gasteiger partial charge in [-0.25, -0.2) is 4.79 Å². The number of anilines is 1. The third-order valence-corrected chi connectivity index (χ3v) is 4.24. The number of nitrogens with one attached hydrogen (secondary N) is 2. The van der Waals surface area contributed by atoms with E-state index in [1.807, 2.05) is 6.92 Å². The summed E-state index contributed by atoms with van der Waals surface area (Å²) < 4.78 is 41.1. The molecule has 5 nitrogen and oxygen atoms in total. The average molecular weight is 346 g/mol. The number of aliphatic hydroxyl groups excluding tert-OH is 1. The van der Waals surface area contributed by atoms with Crippen LogP contribution in [0.25, 0.3) is 0 Å². The molecule has 3 N–H and O–H groups in total. The summed E-state index contributed by atoms with van der Waals surface area (Å²) in [5, 5.41) is 14.9. The first-order valence-corrected chi connectivity index (χ1v) is 7.70. The zero-order chi connectivity index (χ0) is 17.8. The Morgan fingerprint density at radius 1 is 1.46 bits per heavy atom. The Labute approximate surface area is 138 Å². The van der Waals surface area contributed by atoms with Gasteiger partial charge in [-0.3, -0.25) is 0 Å². The van der Waals surface area contributed by atoms with Gasteiger partial charge in [0, 0.05) is 23.2 Å². The van der Waals surface area contributed by atoms with E-state index < -0.39 is 18.8 Å². The molecule has 0 heterocycles. The number of rotatable bonds is 5. The molecule has 2 unspecified atom stereocenters. The van der Waals surface area contributed by atoms with Crippen molar-refractivity contribution in [3.63, 3.8) is 0 Å². The summed E-state index contributed by atoms with van der Waals surface area (Å²) in [5.74, 6) is 0.0196. The molecule has 1 saturated carbocycles. The third kappa shape index (κ3) is 5.02. The van der Waals surface area contributed by atoms with Gasteiger partial charge in [-0.2, -0.15) is 13.2 Å². The molecule has 1 aliphatic carbocycles. The number of benzene rings is 1. The van der Waals surface area contributed by atoms with E-state index in [1.165, 1.54) is 18.2 Å². The maximum atomic E-state index is 12.2. The summed E-state index contributed by atoms with van der Waals surface area (Å²) in [6.45, 7) is 0.509. The molecule has 1 aromatic carbocycles. The zero-order valence-electron chi connectivity index (χ0n) is 13.3. The fourth-order valence-corrected chi connectivity index (χ4v) is 2.82. The highest BCUT2D eigenvalue weighted by molar-refractivity contribution is 5.89. The summed E-state index contributed by atoms with van der Waals surface area (Å²) in [6.07, 6.45) is -1.89. The quantitative estimate of drug-likeness (QED) is 0.766. The van der Waals surface area contributed by atoms with Crippen LogP contribution in [0.1, 0.15) is 26.2 Å². The molecule has 0 bridgehead atoms.